The van der Waals surface area contributed by atoms with Gasteiger partial charge in [0.25, 0.3) is 0 Å². The average Bonchev–Trinajstić information content (AvgIpc) is 2.66. The molecular weight excluding hydrogens is 344 g/mol. The Morgan fingerprint density at radius 2 is 1.70 bits per heavy atom. The molecule has 0 saturated heterocycles. The Balaban J connectivity index is 2.30. The molecule has 0 N–H and O–H groups in total. The number of halogens is 1. The third-order valence-electron chi connectivity index (χ3n) is 5.08. The maximum atomic E-state index is 4.11. The molecule has 0 bridgehead atoms. The fourth-order valence-corrected chi connectivity index (χ4v) is 4.18. The first-order chi connectivity index (χ1) is 10.5. The zero-order valence-corrected chi connectivity index (χ0v) is 16.6. The van der Waals surface area contributed by atoms with E-state index in [0.717, 1.165) is 5.57 Å². The van der Waals surface area contributed by atoms with Gasteiger partial charge in [0.05, 0.1) is 0 Å². The molecule has 0 aliphatic heterocycles. The summed E-state index contributed by atoms with van der Waals surface area (Å²) in [6.07, 6.45) is 0. The van der Waals surface area contributed by atoms with E-state index in [1.807, 2.05) is 0 Å². The molecular formula is C22H25Br. The molecule has 0 fully saturated rings. The molecule has 120 valence electrons. The van der Waals surface area contributed by atoms with Gasteiger partial charge in [0, 0.05) is 15.5 Å². The van der Waals surface area contributed by atoms with Crippen LogP contribution >= 0.6 is 15.9 Å². The Bertz CT molecular complexity index is 817. The van der Waals surface area contributed by atoms with Gasteiger partial charge in [-0.3, -0.25) is 0 Å². The van der Waals surface area contributed by atoms with Crippen molar-refractivity contribution in [3.63, 3.8) is 0 Å². The highest BCUT2D eigenvalue weighted by atomic mass is 79.9. The molecule has 0 atom stereocenters. The van der Waals surface area contributed by atoms with Crippen molar-refractivity contribution in [1.82, 2.24) is 0 Å². The lowest BCUT2D eigenvalue weighted by Gasteiger charge is -2.25. The third-order valence-corrected chi connectivity index (χ3v) is 5.71. The number of fused-ring (bicyclic) bond motifs is 3. The monoisotopic (exact) mass is 368 g/mol. The number of hydrogen-bond acceptors (Lipinski definition) is 0. The summed E-state index contributed by atoms with van der Waals surface area (Å²) in [5.41, 5.74) is 9.43. The summed E-state index contributed by atoms with van der Waals surface area (Å²) in [6, 6.07) is 11.5. The summed E-state index contributed by atoms with van der Waals surface area (Å²) in [4.78, 5) is 0. The van der Waals surface area contributed by atoms with Crippen molar-refractivity contribution in [1.29, 1.82) is 0 Å². The lowest BCUT2D eigenvalue weighted by molar-refractivity contribution is 0.584. The molecule has 0 nitrogen and oxygen atoms in total. The molecule has 2 aromatic rings. The minimum atomic E-state index is 0.0138. The fourth-order valence-electron chi connectivity index (χ4n) is 3.51. The number of benzene rings is 2. The predicted octanol–water partition coefficient (Wildman–Crippen LogP) is 7.09. The first-order valence-electron chi connectivity index (χ1n) is 8.19. The van der Waals surface area contributed by atoms with Gasteiger partial charge in [-0.15, -0.1) is 0 Å². The van der Waals surface area contributed by atoms with E-state index in [1.165, 1.54) is 37.9 Å². The molecule has 0 aromatic heterocycles. The zero-order valence-electron chi connectivity index (χ0n) is 15.0. The van der Waals surface area contributed by atoms with Crippen LogP contribution < -0.4 is 0 Å². The van der Waals surface area contributed by atoms with Crippen LogP contribution in [0, 0.1) is 0 Å². The quantitative estimate of drug-likeness (QED) is 0.503. The Morgan fingerprint density at radius 3 is 2.26 bits per heavy atom. The van der Waals surface area contributed by atoms with E-state index in [1.54, 1.807) is 0 Å². The van der Waals surface area contributed by atoms with E-state index in [2.05, 4.69) is 94.4 Å². The highest BCUT2D eigenvalue weighted by molar-refractivity contribution is 9.10. The summed E-state index contributed by atoms with van der Waals surface area (Å²) in [5.74, 6) is 0. The smallest absolute Gasteiger partial charge is 0.0262 e. The molecule has 0 amide bonds. The molecule has 1 heteroatoms. The van der Waals surface area contributed by atoms with Crippen LogP contribution in [0.4, 0.5) is 0 Å². The summed E-state index contributed by atoms with van der Waals surface area (Å²) in [5, 5.41) is 0. The molecule has 1 aliphatic rings. The second-order valence-electron chi connectivity index (χ2n) is 8.30. The second kappa shape index (κ2) is 5.08. The van der Waals surface area contributed by atoms with Crippen LogP contribution in [-0.2, 0) is 10.8 Å². The summed E-state index contributed by atoms with van der Waals surface area (Å²) in [6.45, 7) is 17.7. The molecule has 0 spiro atoms. The van der Waals surface area contributed by atoms with Gasteiger partial charge in [-0.2, -0.15) is 0 Å². The van der Waals surface area contributed by atoms with Gasteiger partial charge < -0.3 is 0 Å². The van der Waals surface area contributed by atoms with E-state index in [4.69, 9.17) is 0 Å². The molecule has 0 unspecified atom stereocenters. The van der Waals surface area contributed by atoms with Crippen molar-refractivity contribution in [2.24, 2.45) is 0 Å². The Morgan fingerprint density at radius 1 is 1.04 bits per heavy atom. The third kappa shape index (κ3) is 2.50. The van der Waals surface area contributed by atoms with Gasteiger partial charge in [0.2, 0.25) is 0 Å². The van der Waals surface area contributed by atoms with Gasteiger partial charge in [-0.25, -0.2) is 0 Å². The number of hydrogen-bond donors (Lipinski definition) is 0. The minimum Gasteiger partial charge on any atom is -0.0955 e. The molecule has 0 heterocycles. The number of rotatable bonds is 1. The first-order valence-corrected chi connectivity index (χ1v) is 8.98. The lowest BCUT2D eigenvalue weighted by Crippen LogP contribution is -2.17. The van der Waals surface area contributed by atoms with Gasteiger partial charge in [0.1, 0.15) is 0 Å². The molecule has 23 heavy (non-hydrogen) atoms. The largest absolute Gasteiger partial charge is 0.0955 e. The zero-order chi connectivity index (χ0) is 17.2. The SMILES string of the molecule is C=C(C)c1cc(Br)c2c(c1)C(C)(C)c1cc(C(C)(C)C)ccc1-2. The highest BCUT2D eigenvalue weighted by Gasteiger charge is 2.37. The van der Waals surface area contributed by atoms with Crippen molar-refractivity contribution >= 4 is 21.5 Å². The van der Waals surface area contributed by atoms with E-state index >= 15 is 0 Å². The Labute approximate surface area is 148 Å². The Kier molecular flexibility index (Phi) is 3.65. The van der Waals surface area contributed by atoms with E-state index in [9.17, 15) is 0 Å². The van der Waals surface area contributed by atoms with Crippen molar-refractivity contribution in [3.05, 3.63) is 63.6 Å². The number of allylic oxidation sites excluding steroid dienone is 1. The van der Waals surface area contributed by atoms with E-state index < -0.39 is 0 Å². The first kappa shape index (κ1) is 16.5. The topological polar surface area (TPSA) is 0 Å². The normalized spacial score (nSPS) is 15.3. The van der Waals surface area contributed by atoms with Crippen LogP contribution in [0.25, 0.3) is 16.7 Å². The highest BCUT2D eigenvalue weighted by Crippen LogP contribution is 2.52. The van der Waals surface area contributed by atoms with Crippen LogP contribution in [0.5, 0.6) is 0 Å². The van der Waals surface area contributed by atoms with Crippen molar-refractivity contribution in [3.8, 4) is 11.1 Å². The van der Waals surface area contributed by atoms with Crippen LogP contribution in [0.3, 0.4) is 0 Å². The van der Waals surface area contributed by atoms with Gasteiger partial charge in [0.15, 0.2) is 0 Å². The van der Waals surface area contributed by atoms with Crippen LogP contribution in [0.1, 0.15) is 63.8 Å². The van der Waals surface area contributed by atoms with Gasteiger partial charge in [-0.1, -0.05) is 80.9 Å². The standard InChI is InChI=1S/C22H25Br/c1-13(2)14-10-18-20(19(23)11-14)16-9-8-15(21(3,4)5)12-17(16)22(18,6)7/h8-12H,1H2,2-7H3. The predicted molar refractivity (Wildman–Crippen MR) is 105 cm³/mol. The van der Waals surface area contributed by atoms with Crippen molar-refractivity contribution in [2.75, 3.05) is 0 Å². The van der Waals surface area contributed by atoms with E-state index in [-0.39, 0.29) is 10.8 Å². The molecule has 3 rings (SSSR count). The summed E-state index contributed by atoms with van der Waals surface area (Å²) >= 11 is 3.80. The second-order valence-corrected chi connectivity index (χ2v) is 9.15. The maximum absolute atomic E-state index is 4.11. The van der Waals surface area contributed by atoms with Crippen LogP contribution in [-0.4, -0.2) is 0 Å². The molecule has 0 saturated carbocycles. The van der Waals surface area contributed by atoms with Crippen molar-refractivity contribution < 1.29 is 0 Å². The molecule has 1 aliphatic carbocycles. The van der Waals surface area contributed by atoms with Crippen molar-refractivity contribution in [2.45, 2.75) is 52.4 Å². The van der Waals surface area contributed by atoms with Crippen LogP contribution in [0.15, 0.2) is 41.4 Å². The van der Waals surface area contributed by atoms with E-state index in [0.29, 0.717) is 0 Å². The fraction of sp³-hybridized carbons (Fsp3) is 0.364. The van der Waals surface area contributed by atoms with Crippen LogP contribution in [0.2, 0.25) is 0 Å². The average molecular weight is 369 g/mol. The molecule has 0 radical (unpaired) electrons. The summed E-state index contributed by atoms with van der Waals surface area (Å²) < 4.78 is 1.17. The maximum Gasteiger partial charge on any atom is 0.0262 e. The van der Waals surface area contributed by atoms with Gasteiger partial charge in [-0.05, 0) is 52.3 Å². The molecule has 2 aromatic carbocycles. The lowest BCUT2D eigenvalue weighted by atomic mass is 9.78. The Hall–Kier alpha value is -1.34. The minimum absolute atomic E-state index is 0.0138. The summed E-state index contributed by atoms with van der Waals surface area (Å²) in [7, 11) is 0. The van der Waals surface area contributed by atoms with Gasteiger partial charge >= 0.3 is 0 Å².